The molecule has 1 aromatic carbocycles. The van der Waals surface area contributed by atoms with Crippen LogP contribution >= 0.6 is 0 Å². The van der Waals surface area contributed by atoms with Crippen LogP contribution in [-0.4, -0.2) is 36.6 Å². The van der Waals surface area contributed by atoms with Gasteiger partial charge in [0, 0.05) is 37.4 Å². The van der Waals surface area contributed by atoms with Crippen LogP contribution in [0.2, 0.25) is 0 Å². The second kappa shape index (κ2) is 5.10. The fourth-order valence-corrected chi connectivity index (χ4v) is 2.48. The lowest BCUT2D eigenvalue weighted by atomic mass is 10.0. The van der Waals surface area contributed by atoms with Crippen LogP contribution in [-0.2, 0) is 0 Å². The zero-order chi connectivity index (χ0) is 14.0. The summed E-state index contributed by atoms with van der Waals surface area (Å²) in [4.78, 5) is 4.83. The molecule has 1 aliphatic heterocycles. The summed E-state index contributed by atoms with van der Waals surface area (Å²) in [5.74, 6) is 0. The Kier molecular flexibility index (Phi) is 3.68. The molecule has 0 aromatic heterocycles. The Balaban J connectivity index is 2.06. The first-order valence-electron chi connectivity index (χ1n) is 6.71. The maximum absolute atomic E-state index is 8.89. The lowest BCUT2D eigenvalue weighted by molar-refractivity contribution is 0.128. The third kappa shape index (κ3) is 2.99. The lowest BCUT2D eigenvalue weighted by Gasteiger charge is -2.43. The van der Waals surface area contributed by atoms with Gasteiger partial charge in [-0.2, -0.15) is 5.26 Å². The van der Waals surface area contributed by atoms with Crippen LogP contribution in [0.15, 0.2) is 18.2 Å². The van der Waals surface area contributed by atoms with Gasteiger partial charge in [-0.15, -0.1) is 0 Å². The van der Waals surface area contributed by atoms with E-state index in [1.807, 2.05) is 12.1 Å². The normalized spacial score (nSPS) is 17.3. The number of hydrogen-bond acceptors (Lipinski definition) is 4. The Morgan fingerprint density at radius 2 is 1.79 bits per heavy atom. The van der Waals surface area contributed by atoms with Crippen LogP contribution in [0.25, 0.3) is 0 Å². The van der Waals surface area contributed by atoms with Crippen molar-refractivity contribution in [3.63, 3.8) is 0 Å². The highest BCUT2D eigenvalue weighted by molar-refractivity contribution is 5.63. The molecule has 4 heteroatoms. The summed E-state index contributed by atoms with van der Waals surface area (Å²) in [5, 5.41) is 8.89. The molecule has 0 aliphatic carbocycles. The standard InChI is InChI=1S/C15H22N4/c1-15(2,3)19-8-6-18(7-9-19)13-5-4-12(11-16)14(17)10-13/h4-5,10H,6-9,17H2,1-3H3. The minimum absolute atomic E-state index is 0.232. The fraction of sp³-hybridized carbons (Fsp3) is 0.533. The zero-order valence-electron chi connectivity index (χ0n) is 12.0. The van der Waals surface area contributed by atoms with Gasteiger partial charge in [-0.25, -0.2) is 0 Å². The summed E-state index contributed by atoms with van der Waals surface area (Å²) in [6.07, 6.45) is 0. The predicted octanol–water partition coefficient (Wildman–Crippen LogP) is 2.06. The maximum Gasteiger partial charge on any atom is 0.101 e. The van der Waals surface area contributed by atoms with E-state index in [0.717, 1.165) is 31.9 Å². The van der Waals surface area contributed by atoms with E-state index >= 15 is 0 Å². The third-order valence-electron chi connectivity index (χ3n) is 3.75. The van der Waals surface area contributed by atoms with E-state index in [2.05, 4.69) is 36.6 Å². The number of nitrogens with zero attached hydrogens (tertiary/aromatic N) is 3. The third-order valence-corrected chi connectivity index (χ3v) is 3.75. The van der Waals surface area contributed by atoms with Gasteiger partial charge >= 0.3 is 0 Å². The summed E-state index contributed by atoms with van der Waals surface area (Å²) >= 11 is 0. The number of nitriles is 1. The fourth-order valence-electron chi connectivity index (χ4n) is 2.48. The van der Waals surface area contributed by atoms with Gasteiger partial charge in [0.2, 0.25) is 0 Å². The van der Waals surface area contributed by atoms with Crippen molar-refractivity contribution in [2.75, 3.05) is 36.8 Å². The molecule has 102 valence electrons. The quantitative estimate of drug-likeness (QED) is 0.783. The number of hydrogen-bond donors (Lipinski definition) is 1. The summed E-state index contributed by atoms with van der Waals surface area (Å²) in [7, 11) is 0. The molecule has 0 amide bonds. The van der Waals surface area contributed by atoms with Crippen LogP contribution < -0.4 is 10.6 Å². The summed E-state index contributed by atoms with van der Waals surface area (Å²) in [6.45, 7) is 10.9. The van der Waals surface area contributed by atoms with Gasteiger partial charge in [0.1, 0.15) is 6.07 Å². The average molecular weight is 258 g/mol. The SMILES string of the molecule is CC(C)(C)N1CCN(c2ccc(C#N)c(N)c2)CC1. The van der Waals surface area contributed by atoms with Crippen LogP contribution in [0.5, 0.6) is 0 Å². The summed E-state index contributed by atoms with van der Waals surface area (Å²) in [5.41, 5.74) is 8.34. The number of benzene rings is 1. The minimum Gasteiger partial charge on any atom is -0.398 e. The Bertz CT molecular complexity index is 488. The van der Waals surface area contributed by atoms with Gasteiger partial charge < -0.3 is 10.6 Å². The largest absolute Gasteiger partial charge is 0.398 e. The van der Waals surface area contributed by atoms with Crippen molar-refractivity contribution >= 4 is 11.4 Å². The molecule has 0 unspecified atom stereocenters. The Hall–Kier alpha value is -1.73. The number of piperazine rings is 1. The zero-order valence-corrected chi connectivity index (χ0v) is 12.0. The van der Waals surface area contributed by atoms with Crippen LogP contribution in [0.4, 0.5) is 11.4 Å². The molecule has 2 rings (SSSR count). The van der Waals surface area contributed by atoms with E-state index < -0.39 is 0 Å². The van der Waals surface area contributed by atoms with E-state index in [-0.39, 0.29) is 5.54 Å². The number of rotatable bonds is 1. The first kappa shape index (κ1) is 13.7. The van der Waals surface area contributed by atoms with Crippen molar-refractivity contribution in [1.29, 1.82) is 5.26 Å². The van der Waals surface area contributed by atoms with Crippen molar-refractivity contribution in [3.05, 3.63) is 23.8 Å². The van der Waals surface area contributed by atoms with Gasteiger partial charge in [-0.05, 0) is 39.0 Å². The van der Waals surface area contributed by atoms with Crippen molar-refractivity contribution < 1.29 is 0 Å². The molecule has 4 nitrogen and oxygen atoms in total. The molecule has 19 heavy (non-hydrogen) atoms. The monoisotopic (exact) mass is 258 g/mol. The summed E-state index contributed by atoms with van der Waals surface area (Å²) < 4.78 is 0. The second-order valence-corrected chi connectivity index (χ2v) is 6.03. The first-order valence-corrected chi connectivity index (χ1v) is 6.71. The molecule has 1 heterocycles. The smallest absolute Gasteiger partial charge is 0.101 e. The minimum atomic E-state index is 0.232. The molecule has 1 saturated heterocycles. The van der Waals surface area contributed by atoms with Gasteiger partial charge in [-0.3, -0.25) is 4.90 Å². The van der Waals surface area contributed by atoms with E-state index in [1.54, 1.807) is 6.07 Å². The highest BCUT2D eigenvalue weighted by Crippen LogP contribution is 2.24. The molecular weight excluding hydrogens is 236 g/mol. The Morgan fingerprint density at radius 3 is 2.26 bits per heavy atom. The Labute approximate surface area is 115 Å². The summed E-state index contributed by atoms with van der Waals surface area (Å²) in [6, 6.07) is 7.80. The molecule has 0 saturated carbocycles. The van der Waals surface area contributed by atoms with Gasteiger partial charge in [0.05, 0.1) is 11.3 Å². The topological polar surface area (TPSA) is 56.3 Å². The Morgan fingerprint density at radius 1 is 1.16 bits per heavy atom. The lowest BCUT2D eigenvalue weighted by Crippen LogP contribution is -2.53. The molecule has 1 fully saturated rings. The van der Waals surface area contributed by atoms with E-state index in [4.69, 9.17) is 11.0 Å². The number of anilines is 2. The molecular formula is C15H22N4. The molecule has 2 N–H and O–H groups in total. The molecule has 0 spiro atoms. The average Bonchev–Trinajstić information content (AvgIpc) is 2.38. The van der Waals surface area contributed by atoms with Gasteiger partial charge in [0.15, 0.2) is 0 Å². The van der Waals surface area contributed by atoms with Crippen molar-refractivity contribution in [3.8, 4) is 6.07 Å². The molecule has 0 atom stereocenters. The number of nitrogen functional groups attached to an aromatic ring is 1. The first-order chi connectivity index (χ1) is 8.91. The second-order valence-electron chi connectivity index (χ2n) is 6.03. The maximum atomic E-state index is 8.89. The predicted molar refractivity (Wildman–Crippen MR) is 79.1 cm³/mol. The van der Waals surface area contributed by atoms with Crippen molar-refractivity contribution in [2.45, 2.75) is 26.3 Å². The molecule has 0 bridgehead atoms. The van der Waals surface area contributed by atoms with Crippen molar-refractivity contribution in [2.24, 2.45) is 0 Å². The van der Waals surface area contributed by atoms with Crippen LogP contribution in [0.1, 0.15) is 26.3 Å². The molecule has 1 aromatic rings. The van der Waals surface area contributed by atoms with Crippen molar-refractivity contribution in [1.82, 2.24) is 4.90 Å². The van der Waals surface area contributed by atoms with E-state index in [9.17, 15) is 0 Å². The van der Waals surface area contributed by atoms with Crippen LogP contribution in [0.3, 0.4) is 0 Å². The highest BCUT2D eigenvalue weighted by Gasteiger charge is 2.25. The molecule has 1 aliphatic rings. The number of nitrogens with two attached hydrogens (primary N) is 1. The van der Waals surface area contributed by atoms with Gasteiger partial charge in [-0.1, -0.05) is 0 Å². The highest BCUT2D eigenvalue weighted by atomic mass is 15.3. The van der Waals surface area contributed by atoms with Gasteiger partial charge in [0.25, 0.3) is 0 Å². The van der Waals surface area contributed by atoms with E-state index in [0.29, 0.717) is 11.3 Å². The molecule has 0 radical (unpaired) electrons. The van der Waals surface area contributed by atoms with Crippen LogP contribution in [0, 0.1) is 11.3 Å². The van der Waals surface area contributed by atoms with E-state index in [1.165, 1.54) is 0 Å².